The highest BCUT2D eigenvalue weighted by Gasteiger charge is 2.01. The van der Waals surface area contributed by atoms with Gasteiger partial charge < -0.3 is 15.4 Å². The summed E-state index contributed by atoms with van der Waals surface area (Å²) in [6, 6.07) is 0. The van der Waals surface area contributed by atoms with Crippen molar-refractivity contribution in [3.8, 4) is 0 Å². The van der Waals surface area contributed by atoms with Crippen LogP contribution in [-0.2, 0) is 4.74 Å². The van der Waals surface area contributed by atoms with E-state index in [-0.39, 0.29) is 0 Å². The van der Waals surface area contributed by atoms with Crippen LogP contribution in [0.4, 0.5) is 0 Å². The van der Waals surface area contributed by atoms with Gasteiger partial charge in [0.25, 0.3) is 0 Å². The van der Waals surface area contributed by atoms with Crippen molar-refractivity contribution in [2.75, 3.05) is 32.8 Å². The van der Waals surface area contributed by atoms with Gasteiger partial charge in [-0.2, -0.15) is 0 Å². The Morgan fingerprint density at radius 2 is 2.62 bits per heavy atom. The second-order valence-electron chi connectivity index (χ2n) is 3.09. The zero-order valence-corrected chi connectivity index (χ0v) is 8.10. The van der Waals surface area contributed by atoms with Gasteiger partial charge in [0.2, 0.25) is 0 Å². The highest BCUT2D eigenvalue weighted by Crippen LogP contribution is 1.87. The smallest absolute Gasteiger partial charge is 0.191 e. The molecule has 13 heavy (non-hydrogen) atoms. The maximum Gasteiger partial charge on any atom is 0.191 e. The lowest BCUT2D eigenvalue weighted by atomic mass is 10.4. The van der Waals surface area contributed by atoms with E-state index in [0.29, 0.717) is 13.2 Å². The fourth-order valence-corrected chi connectivity index (χ4v) is 1.00. The number of aliphatic imine (C=N–C) groups is 1. The Balaban J connectivity index is 1.92. The molecule has 4 heteroatoms. The molecule has 1 aliphatic rings. The van der Waals surface area contributed by atoms with Crippen molar-refractivity contribution in [3.63, 3.8) is 0 Å². The summed E-state index contributed by atoms with van der Waals surface area (Å²) in [5, 5.41) is 6.26. The summed E-state index contributed by atoms with van der Waals surface area (Å²) in [4.78, 5) is 4.19. The predicted octanol–water partition coefficient (Wildman–Crippen LogP) is 0.128. The minimum atomic E-state index is 0.640. The van der Waals surface area contributed by atoms with Crippen molar-refractivity contribution in [1.82, 2.24) is 10.6 Å². The van der Waals surface area contributed by atoms with Gasteiger partial charge in [-0.25, -0.2) is 0 Å². The van der Waals surface area contributed by atoms with Crippen LogP contribution >= 0.6 is 0 Å². The lowest BCUT2D eigenvalue weighted by Gasteiger charge is -2.06. The molecule has 4 nitrogen and oxygen atoms in total. The van der Waals surface area contributed by atoms with Gasteiger partial charge >= 0.3 is 0 Å². The first kappa shape index (κ1) is 10.1. The Morgan fingerprint density at radius 1 is 1.77 bits per heavy atom. The maximum absolute atomic E-state index is 5.31. The summed E-state index contributed by atoms with van der Waals surface area (Å²) in [6.07, 6.45) is 0. The molecule has 0 fully saturated rings. The molecule has 0 bridgehead atoms. The quantitative estimate of drug-likeness (QED) is 0.470. The number of hydrogen-bond donors (Lipinski definition) is 2. The van der Waals surface area contributed by atoms with Crippen molar-refractivity contribution >= 4 is 5.96 Å². The molecule has 1 rings (SSSR count). The average molecular weight is 183 g/mol. The second kappa shape index (κ2) is 5.59. The summed E-state index contributed by atoms with van der Waals surface area (Å²) >= 11 is 0. The molecule has 0 atom stereocenters. The minimum Gasteiger partial charge on any atom is -0.375 e. The molecule has 74 valence electrons. The first-order chi connectivity index (χ1) is 6.29. The van der Waals surface area contributed by atoms with E-state index in [0.717, 1.165) is 31.2 Å². The fourth-order valence-electron chi connectivity index (χ4n) is 1.00. The monoisotopic (exact) mass is 183 g/mol. The van der Waals surface area contributed by atoms with E-state index >= 15 is 0 Å². The second-order valence-corrected chi connectivity index (χ2v) is 3.09. The number of ether oxygens (including phenoxy) is 1. The van der Waals surface area contributed by atoms with Gasteiger partial charge in [0, 0.05) is 13.1 Å². The van der Waals surface area contributed by atoms with Gasteiger partial charge in [-0.1, -0.05) is 12.2 Å². The lowest BCUT2D eigenvalue weighted by molar-refractivity contribution is 0.161. The van der Waals surface area contributed by atoms with Crippen molar-refractivity contribution in [2.45, 2.75) is 6.92 Å². The Hall–Kier alpha value is -1.03. The lowest BCUT2D eigenvalue weighted by Crippen LogP contribution is -2.35. The van der Waals surface area contributed by atoms with Crippen molar-refractivity contribution in [3.05, 3.63) is 12.2 Å². The van der Waals surface area contributed by atoms with Crippen LogP contribution in [0.25, 0.3) is 0 Å². The molecule has 0 aromatic carbocycles. The highest BCUT2D eigenvalue weighted by molar-refractivity contribution is 5.81. The number of guanidine groups is 1. The Morgan fingerprint density at radius 3 is 3.23 bits per heavy atom. The maximum atomic E-state index is 5.31. The molecule has 0 unspecified atom stereocenters. The van der Waals surface area contributed by atoms with Crippen molar-refractivity contribution < 1.29 is 4.74 Å². The topological polar surface area (TPSA) is 45.6 Å². The van der Waals surface area contributed by atoms with Crippen LogP contribution in [0.3, 0.4) is 0 Å². The van der Waals surface area contributed by atoms with E-state index in [2.05, 4.69) is 22.2 Å². The van der Waals surface area contributed by atoms with Crippen LogP contribution < -0.4 is 10.6 Å². The Bertz CT molecular complexity index is 201. The molecule has 1 aliphatic heterocycles. The van der Waals surface area contributed by atoms with E-state index in [1.807, 2.05) is 6.92 Å². The third kappa shape index (κ3) is 4.52. The van der Waals surface area contributed by atoms with Crippen LogP contribution in [0.1, 0.15) is 6.92 Å². The first-order valence-corrected chi connectivity index (χ1v) is 4.53. The van der Waals surface area contributed by atoms with Gasteiger partial charge in [-0.05, 0) is 6.92 Å². The predicted molar refractivity (Wildman–Crippen MR) is 53.9 cm³/mol. The SMILES string of the molecule is C=C(C)COCCNC1=NCCN1. The van der Waals surface area contributed by atoms with Gasteiger partial charge in [-0.3, -0.25) is 4.99 Å². The molecule has 0 spiro atoms. The third-order valence-electron chi connectivity index (χ3n) is 1.56. The number of rotatable bonds is 5. The van der Waals surface area contributed by atoms with Crippen molar-refractivity contribution in [2.24, 2.45) is 4.99 Å². The van der Waals surface area contributed by atoms with Crippen LogP contribution in [-0.4, -0.2) is 38.8 Å². The fraction of sp³-hybridized carbons (Fsp3) is 0.667. The van der Waals surface area contributed by atoms with Gasteiger partial charge in [0.1, 0.15) is 0 Å². The van der Waals surface area contributed by atoms with E-state index < -0.39 is 0 Å². The molecule has 1 heterocycles. The molecular weight excluding hydrogens is 166 g/mol. The van der Waals surface area contributed by atoms with Crippen molar-refractivity contribution in [1.29, 1.82) is 0 Å². The van der Waals surface area contributed by atoms with E-state index in [1.54, 1.807) is 0 Å². The largest absolute Gasteiger partial charge is 0.375 e. The molecule has 0 aromatic heterocycles. The van der Waals surface area contributed by atoms with Crippen LogP contribution in [0.5, 0.6) is 0 Å². The molecular formula is C9H17N3O. The molecule has 0 aliphatic carbocycles. The molecule has 0 saturated carbocycles. The molecule has 0 aromatic rings. The first-order valence-electron chi connectivity index (χ1n) is 4.53. The summed E-state index contributed by atoms with van der Waals surface area (Å²) in [5.41, 5.74) is 1.05. The third-order valence-corrected chi connectivity index (χ3v) is 1.56. The van der Waals surface area contributed by atoms with Gasteiger partial charge in [0.05, 0.1) is 19.8 Å². The van der Waals surface area contributed by atoms with Crippen LogP contribution in [0.15, 0.2) is 17.1 Å². The average Bonchev–Trinajstić information content (AvgIpc) is 2.55. The number of hydrogen-bond acceptors (Lipinski definition) is 4. The highest BCUT2D eigenvalue weighted by atomic mass is 16.5. The van der Waals surface area contributed by atoms with Crippen LogP contribution in [0, 0.1) is 0 Å². The Labute approximate surface area is 79.1 Å². The summed E-state index contributed by atoms with van der Waals surface area (Å²) in [5.74, 6) is 0.888. The van der Waals surface area contributed by atoms with E-state index in [9.17, 15) is 0 Å². The van der Waals surface area contributed by atoms with Gasteiger partial charge in [-0.15, -0.1) is 0 Å². The molecule has 0 radical (unpaired) electrons. The minimum absolute atomic E-state index is 0.640. The standard InChI is InChI=1S/C9H17N3O/c1-8(2)7-13-6-5-12-9-10-3-4-11-9/h1,3-7H2,2H3,(H2,10,11,12). The van der Waals surface area contributed by atoms with Crippen LogP contribution in [0.2, 0.25) is 0 Å². The zero-order valence-electron chi connectivity index (χ0n) is 8.10. The van der Waals surface area contributed by atoms with Gasteiger partial charge in [0.15, 0.2) is 5.96 Å². The Kier molecular flexibility index (Phi) is 4.32. The van der Waals surface area contributed by atoms with E-state index in [1.165, 1.54) is 0 Å². The summed E-state index contributed by atoms with van der Waals surface area (Å²) in [6.45, 7) is 9.63. The summed E-state index contributed by atoms with van der Waals surface area (Å²) < 4.78 is 5.31. The normalized spacial score (nSPS) is 15.0. The number of nitrogens with one attached hydrogen (secondary N) is 2. The molecule has 0 saturated heterocycles. The molecule has 2 N–H and O–H groups in total. The zero-order chi connectivity index (χ0) is 9.52. The van der Waals surface area contributed by atoms with E-state index in [4.69, 9.17) is 4.74 Å². The number of nitrogens with zero attached hydrogens (tertiary/aromatic N) is 1. The molecule has 0 amide bonds. The summed E-state index contributed by atoms with van der Waals surface area (Å²) in [7, 11) is 0.